The van der Waals surface area contributed by atoms with Crippen LogP contribution in [0.3, 0.4) is 0 Å². The highest BCUT2D eigenvalue weighted by atomic mass is 35.5. The number of amides is 2. The van der Waals surface area contributed by atoms with Crippen molar-refractivity contribution in [1.29, 1.82) is 0 Å². The first-order valence-corrected chi connectivity index (χ1v) is 14.6. The second-order valence-electron chi connectivity index (χ2n) is 8.54. The van der Waals surface area contributed by atoms with E-state index in [1.54, 1.807) is 44.2 Å². The maximum Gasteiger partial charge on any atom is 0.244 e. The van der Waals surface area contributed by atoms with E-state index in [4.69, 9.17) is 34.8 Å². The van der Waals surface area contributed by atoms with E-state index in [9.17, 15) is 18.0 Å². The third-order valence-corrected chi connectivity index (χ3v) is 7.96. The Morgan fingerprint density at radius 3 is 2.25 bits per heavy atom. The van der Waals surface area contributed by atoms with Gasteiger partial charge in [0.1, 0.15) is 12.6 Å². The second-order valence-corrected chi connectivity index (χ2v) is 11.7. The lowest BCUT2D eigenvalue weighted by molar-refractivity contribution is -0.140. The van der Waals surface area contributed by atoms with Crippen molar-refractivity contribution in [3.63, 3.8) is 0 Å². The van der Waals surface area contributed by atoms with Gasteiger partial charge in [-0.05, 0) is 55.2 Å². The molecule has 11 heteroatoms. The summed E-state index contributed by atoms with van der Waals surface area (Å²) in [5, 5.41) is 3.93. The summed E-state index contributed by atoms with van der Waals surface area (Å²) in [6, 6.07) is 8.92. The lowest BCUT2D eigenvalue weighted by Gasteiger charge is -2.33. The molecule has 1 N–H and O–H groups in total. The number of anilines is 1. The third kappa shape index (κ3) is 8.26. The predicted octanol–water partition coefficient (Wildman–Crippen LogP) is 5.44. The molecule has 0 aliphatic carbocycles. The molecule has 2 rings (SSSR count). The molecule has 198 valence electrons. The van der Waals surface area contributed by atoms with Crippen molar-refractivity contribution in [3.8, 4) is 0 Å². The van der Waals surface area contributed by atoms with Gasteiger partial charge in [-0.25, -0.2) is 8.42 Å². The van der Waals surface area contributed by atoms with Crippen LogP contribution in [0, 0.1) is 6.92 Å². The molecule has 0 aliphatic rings. The molecule has 7 nitrogen and oxygen atoms in total. The van der Waals surface area contributed by atoms with Crippen LogP contribution in [0.4, 0.5) is 5.69 Å². The highest BCUT2D eigenvalue weighted by Gasteiger charge is 2.31. The van der Waals surface area contributed by atoms with Crippen LogP contribution in [-0.4, -0.2) is 50.5 Å². The lowest BCUT2D eigenvalue weighted by atomic mass is 10.1. The first-order chi connectivity index (χ1) is 16.9. The van der Waals surface area contributed by atoms with Gasteiger partial charge >= 0.3 is 0 Å². The topological polar surface area (TPSA) is 86.8 Å². The van der Waals surface area contributed by atoms with Gasteiger partial charge in [-0.3, -0.25) is 13.9 Å². The van der Waals surface area contributed by atoms with Crippen LogP contribution in [0.2, 0.25) is 15.1 Å². The summed E-state index contributed by atoms with van der Waals surface area (Å²) in [5.74, 6) is -0.843. The van der Waals surface area contributed by atoms with Gasteiger partial charge in [0.05, 0.1) is 22.0 Å². The zero-order valence-electron chi connectivity index (χ0n) is 20.9. The Labute approximate surface area is 228 Å². The van der Waals surface area contributed by atoms with Gasteiger partial charge in [-0.2, -0.15) is 0 Å². The molecule has 36 heavy (non-hydrogen) atoms. The summed E-state index contributed by atoms with van der Waals surface area (Å²) in [5.41, 5.74) is 1.69. The monoisotopic (exact) mass is 575 g/mol. The molecule has 0 bridgehead atoms. The van der Waals surface area contributed by atoms with Gasteiger partial charge in [0.15, 0.2) is 0 Å². The molecule has 2 aromatic rings. The number of carbonyl (C=O) groups is 2. The molecule has 0 heterocycles. The van der Waals surface area contributed by atoms with Crippen molar-refractivity contribution in [3.05, 3.63) is 62.6 Å². The smallest absolute Gasteiger partial charge is 0.244 e. The number of rotatable bonds is 12. The molecule has 0 radical (unpaired) electrons. The van der Waals surface area contributed by atoms with Crippen molar-refractivity contribution < 1.29 is 18.0 Å². The molecular formula is C25H32Cl3N3O4S. The lowest BCUT2D eigenvalue weighted by Crippen LogP contribution is -2.52. The molecule has 0 unspecified atom stereocenters. The van der Waals surface area contributed by atoms with Crippen molar-refractivity contribution >= 4 is 62.3 Å². The minimum Gasteiger partial charge on any atom is -0.354 e. The third-order valence-electron chi connectivity index (χ3n) is 5.68. The Morgan fingerprint density at radius 1 is 1.00 bits per heavy atom. The van der Waals surface area contributed by atoms with Crippen LogP contribution >= 0.6 is 34.8 Å². The quantitative estimate of drug-likeness (QED) is 0.341. The first-order valence-electron chi connectivity index (χ1n) is 11.6. The molecule has 2 aromatic carbocycles. The van der Waals surface area contributed by atoms with Gasteiger partial charge < -0.3 is 10.2 Å². The van der Waals surface area contributed by atoms with Crippen LogP contribution in [0.25, 0.3) is 0 Å². The Bertz CT molecular complexity index is 1190. The number of carbonyl (C=O) groups excluding carboxylic acids is 2. The molecule has 0 saturated carbocycles. The fourth-order valence-electron chi connectivity index (χ4n) is 3.61. The number of hydrogen-bond acceptors (Lipinski definition) is 4. The van der Waals surface area contributed by atoms with Crippen LogP contribution in [-0.2, 0) is 26.2 Å². The summed E-state index contributed by atoms with van der Waals surface area (Å²) in [6.07, 6.45) is 3.07. The van der Waals surface area contributed by atoms with E-state index < -0.39 is 28.5 Å². The minimum atomic E-state index is -3.84. The Balaban J connectivity index is 2.45. The van der Waals surface area contributed by atoms with Crippen LogP contribution in [0.1, 0.15) is 44.2 Å². The fourth-order valence-corrected chi connectivity index (χ4v) is 4.95. The van der Waals surface area contributed by atoms with Crippen molar-refractivity contribution in [2.45, 2.75) is 52.6 Å². The molecule has 1 atom stereocenters. The Morgan fingerprint density at radius 2 is 1.69 bits per heavy atom. The van der Waals surface area contributed by atoms with Gasteiger partial charge in [-0.15, -0.1) is 0 Å². The van der Waals surface area contributed by atoms with Gasteiger partial charge in [0.25, 0.3) is 0 Å². The summed E-state index contributed by atoms with van der Waals surface area (Å²) in [7, 11) is -3.84. The van der Waals surface area contributed by atoms with E-state index in [1.807, 2.05) is 6.92 Å². The Kier molecular flexibility index (Phi) is 11.3. The van der Waals surface area contributed by atoms with Crippen molar-refractivity contribution in [2.75, 3.05) is 23.7 Å². The first kappa shape index (κ1) is 30.2. The number of hydrogen-bond donors (Lipinski definition) is 1. The zero-order chi connectivity index (χ0) is 27.0. The minimum absolute atomic E-state index is 0.0433. The van der Waals surface area contributed by atoms with Gasteiger partial charge in [0.2, 0.25) is 21.8 Å². The van der Waals surface area contributed by atoms with Crippen molar-refractivity contribution in [1.82, 2.24) is 10.2 Å². The fraction of sp³-hybridized carbons (Fsp3) is 0.440. The second kappa shape index (κ2) is 13.5. The highest BCUT2D eigenvalue weighted by molar-refractivity contribution is 7.92. The highest BCUT2D eigenvalue weighted by Crippen LogP contribution is 2.27. The number of aryl methyl sites for hydroxylation is 1. The van der Waals surface area contributed by atoms with Crippen molar-refractivity contribution in [2.24, 2.45) is 0 Å². The largest absolute Gasteiger partial charge is 0.354 e. The van der Waals surface area contributed by atoms with E-state index >= 15 is 0 Å². The molecule has 0 fully saturated rings. The average molecular weight is 577 g/mol. The Hall–Kier alpha value is -2.00. The number of sulfonamides is 1. The maximum absolute atomic E-state index is 13.7. The SMILES string of the molecule is CCCCNC(=O)[C@@H](CC)N(Cc1ccc(Cl)c(Cl)c1)C(=O)CN(c1ccc(C)c(Cl)c1)S(C)(=O)=O. The zero-order valence-corrected chi connectivity index (χ0v) is 23.9. The number of nitrogens with zero attached hydrogens (tertiary/aromatic N) is 2. The summed E-state index contributed by atoms with van der Waals surface area (Å²) >= 11 is 18.4. The molecule has 0 spiro atoms. The number of unbranched alkanes of at least 4 members (excludes halogenated alkanes) is 1. The van der Waals surface area contributed by atoms with E-state index in [0.29, 0.717) is 33.6 Å². The van der Waals surface area contributed by atoms with Gasteiger partial charge in [0, 0.05) is 18.1 Å². The van der Waals surface area contributed by atoms with E-state index in [-0.39, 0.29) is 18.1 Å². The predicted molar refractivity (Wildman–Crippen MR) is 147 cm³/mol. The van der Waals surface area contributed by atoms with E-state index in [1.165, 1.54) is 11.0 Å². The van der Waals surface area contributed by atoms with E-state index in [2.05, 4.69) is 5.32 Å². The maximum atomic E-state index is 13.7. The van der Waals surface area contributed by atoms with Crippen LogP contribution in [0.15, 0.2) is 36.4 Å². The molecule has 0 saturated heterocycles. The number of benzene rings is 2. The van der Waals surface area contributed by atoms with E-state index in [0.717, 1.165) is 29.0 Å². The van der Waals surface area contributed by atoms with Crippen LogP contribution in [0.5, 0.6) is 0 Å². The number of halogens is 3. The van der Waals surface area contributed by atoms with Gasteiger partial charge in [-0.1, -0.05) is 67.2 Å². The van der Waals surface area contributed by atoms with Crippen LogP contribution < -0.4 is 9.62 Å². The molecule has 0 aromatic heterocycles. The number of nitrogens with one attached hydrogen (secondary N) is 1. The molecule has 0 aliphatic heterocycles. The summed E-state index contributed by atoms with van der Waals surface area (Å²) in [6.45, 7) is 5.63. The summed E-state index contributed by atoms with van der Waals surface area (Å²) in [4.78, 5) is 28.1. The average Bonchev–Trinajstić information content (AvgIpc) is 2.80. The molecule has 2 amide bonds. The molecular weight excluding hydrogens is 545 g/mol. The summed E-state index contributed by atoms with van der Waals surface area (Å²) < 4.78 is 26.3. The normalized spacial score (nSPS) is 12.2. The standard InChI is InChI=1S/C25H32Cl3N3O4S/c1-5-7-12-29-25(33)23(6-2)30(15-18-9-11-20(26)22(28)13-18)24(32)16-31(36(4,34)35)19-10-8-17(3)21(27)14-19/h8-11,13-14,23H,5-7,12,15-16H2,1-4H3,(H,29,33)/t23-/m1/s1.